The summed E-state index contributed by atoms with van der Waals surface area (Å²) in [5, 5.41) is 3.13. The van der Waals surface area contributed by atoms with Crippen LogP contribution in [0.15, 0.2) is 36.4 Å². The van der Waals surface area contributed by atoms with E-state index in [1.807, 2.05) is 6.07 Å². The summed E-state index contributed by atoms with van der Waals surface area (Å²) in [5.41, 5.74) is 13.4. The maximum absolute atomic E-state index is 11.2. The van der Waals surface area contributed by atoms with Gasteiger partial charge in [0.15, 0.2) is 11.5 Å². The smallest absolute Gasteiger partial charge is 0.248 e. The molecule has 6 heteroatoms. The van der Waals surface area contributed by atoms with Crippen LogP contribution < -0.4 is 26.3 Å². The maximum atomic E-state index is 11.2. The minimum atomic E-state index is -0.509. The van der Waals surface area contributed by atoms with Crippen molar-refractivity contribution in [1.82, 2.24) is 0 Å². The number of hydrogen-bond donors (Lipinski definition) is 3. The minimum absolute atomic E-state index is 0.382. The first-order chi connectivity index (χ1) is 10.0. The van der Waals surface area contributed by atoms with Crippen LogP contribution in [0.4, 0.5) is 17.1 Å². The number of nitrogens with two attached hydrogens (primary N) is 2. The molecule has 0 aliphatic rings. The Hall–Kier alpha value is -2.89. The molecule has 0 radical (unpaired) electrons. The molecule has 21 heavy (non-hydrogen) atoms. The zero-order valence-electron chi connectivity index (χ0n) is 11.8. The van der Waals surface area contributed by atoms with Crippen molar-refractivity contribution in [2.45, 2.75) is 0 Å². The van der Waals surface area contributed by atoms with E-state index < -0.39 is 5.91 Å². The molecule has 0 saturated carbocycles. The number of rotatable bonds is 5. The largest absolute Gasteiger partial charge is 0.493 e. The molecule has 5 N–H and O–H groups in total. The molecule has 0 spiro atoms. The number of amides is 1. The quantitative estimate of drug-likeness (QED) is 0.731. The highest BCUT2D eigenvalue weighted by Crippen LogP contribution is 2.32. The Morgan fingerprint density at radius 2 is 1.76 bits per heavy atom. The number of primary amides is 1. The van der Waals surface area contributed by atoms with Crippen LogP contribution >= 0.6 is 0 Å². The van der Waals surface area contributed by atoms with Crippen molar-refractivity contribution in [3.05, 3.63) is 42.0 Å². The predicted octanol–water partition coefficient (Wildman–Crippen LogP) is 2.13. The highest BCUT2D eigenvalue weighted by Gasteiger charge is 2.08. The number of nitrogen functional groups attached to an aromatic ring is 1. The molecular formula is C15H17N3O3. The monoisotopic (exact) mass is 287 g/mol. The van der Waals surface area contributed by atoms with E-state index in [0.29, 0.717) is 28.4 Å². The fourth-order valence-electron chi connectivity index (χ4n) is 1.89. The molecule has 0 aliphatic carbocycles. The van der Waals surface area contributed by atoms with Gasteiger partial charge < -0.3 is 26.3 Å². The summed E-state index contributed by atoms with van der Waals surface area (Å²) in [6.45, 7) is 0. The lowest BCUT2D eigenvalue weighted by Gasteiger charge is -2.13. The number of carbonyl (C=O) groups is 1. The molecule has 0 aliphatic heterocycles. The maximum Gasteiger partial charge on any atom is 0.248 e. The molecule has 1 amide bonds. The number of benzene rings is 2. The average Bonchev–Trinajstić information content (AvgIpc) is 2.49. The van der Waals surface area contributed by atoms with Gasteiger partial charge in [-0.1, -0.05) is 0 Å². The predicted molar refractivity (Wildman–Crippen MR) is 82.2 cm³/mol. The van der Waals surface area contributed by atoms with Gasteiger partial charge in [-0.05, 0) is 30.3 Å². The zero-order valence-corrected chi connectivity index (χ0v) is 11.8. The summed E-state index contributed by atoms with van der Waals surface area (Å²) in [6.07, 6.45) is 0. The summed E-state index contributed by atoms with van der Waals surface area (Å²) in [7, 11) is 3.13. The molecule has 110 valence electrons. The van der Waals surface area contributed by atoms with E-state index in [-0.39, 0.29) is 0 Å². The van der Waals surface area contributed by atoms with E-state index in [9.17, 15) is 4.79 Å². The van der Waals surface area contributed by atoms with E-state index in [1.165, 1.54) is 0 Å². The molecule has 2 aromatic rings. The number of nitrogens with one attached hydrogen (secondary N) is 1. The Kier molecular flexibility index (Phi) is 4.18. The Balaban J connectivity index is 2.33. The van der Waals surface area contributed by atoms with Gasteiger partial charge in [0.2, 0.25) is 5.91 Å². The van der Waals surface area contributed by atoms with Crippen molar-refractivity contribution < 1.29 is 14.3 Å². The number of carbonyl (C=O) groups excluding carboxylic acids is 1. The fraction of sp³-hybridized carbons (Fsp3) is 0.133. The number of ether oxygens (including phenoxy) is 2. The molecule has 2 rings (SSSR count). The van der Waals surface area contributed by atoms with E-state index in [2.05, 4.69) is 5.32 Å². The van der Waals surface area contributed by atoms with Crippen molar-refractivity contribution in [3.8, 4) is 11.5 Å². The van der Waals surface area contributed by atoms with Gasteiger partial charge in [0, 0.05) is 17.3 Å². The Bertz CT molecular complexity index is 671. The van der Waals surface area contributed by atoms with Crippen LogP contribution in [0, 0.1) is 0 Å². The van der Waals surface area contributed by atoms with Gasteiger partial charge in [0.05, 0.1) is 25.6 Å². The first-order valence-electron chi connectivity index (χ1n) is 6.23. The molecule has 0 atom stereocenters. The first-order valence-corrected chi connectivity index (χ1v) is 6.23. The van der Waals surface area contributed by atoms with Crippen LogP contribution in [0.1, 0.15) is 10.4 Å². The third-order valence-electron chi connectivity index (χ3n) is 3.00. The van der Waals surface area contributed by atoms with Crippen LogP contribution in [-0.2, 0) is 0 Å². The summed E-state index contributed by atoms with van der Waals surface area (Å²) in [6, 6.07) is 10.2. The lowest BCUT2D eigenvalue weighted by Crippen LogP contribution is -2.11. The Labute approximate surface area is 122 Å². The number of hydrogen-bond acceptors (Lipinski definition) is 5. The van der Waals surface area contributed by atoms with E-state index >= 15 is 0 Å². The van der Waals surface area contributed by atoms with Crippen molar-refractivity contribution in [2.75, 3.05) is 25.3 Å². The second kappa shape index (κ2) is 6.04. The second-order valence-corrected chi connectivity index (χ2v) is 4.36. The molecule has 0 heterocycles. The van der Waals surface area contributed by atoms with Crippen molar-refractivity contribution in [1.29, 1.82) is 0 Å². The molecule has 2 aromatic carbocycles. The van der Waals surface area contributed by atoms with Gasteiger partial charge in [-0.25, -0.2) is 0 Å². The van der Waals surface area contributed by atoms with Gasteiger partial charge in [-0.15, -0.1) is 0 Å². The normalized spacial score (nSPS) is 10.0. The summed E-state index contributed by atoms with van der Waals surface area (Å²) < 4.78 is 10.4. The van der Waals surface area contributed by atoms with Crippen LogP contribution in [0.3, 0.4) is 0 Å². The summed E-state index contributed by atoms with van der Waals surface area (Å²) in [4.78, 5) is 11.2. The van der Waals surface area contributed by atoms with Gasteiger partial charge in [-0.2, -0.15) is 0 Å². The van der Waals surface area contributed by atoms with E-state index in [1.54, 1.807) is 44.6 Å². The SMILES string of the molecule is COc1ccc(Nc2cc(C(N)=O)ccc2N)cc1OC. The van der Waals surface area contributed by atoms with Gasteiger partial charge in [0.25, 0.3) is 0 Å². The lowest BCUT2D eigenvalue weighted by molar-refractivity contribution is 0.100. The van der Waals surface area contributed by atoms with E-state index in [0.717, 1.165) is 5.69 Å². The number of methoxy groups -OCH3 is 2. The average molecular weight is 287 g/mol. The Morgan fingerprint density at radius 3 is 2.38 bits per heavy atom. The summed E-state index contributed by atoms with van der Waals surface area (Å²) >= 11 is 0. The summed E-state index contributed by atoms with van der Waals surface area (Å²) in [5.74, 6) is 0.708. The molecule has 0 aromatic heterocycles. The third-order valence-corrected chi connectivity index (χ3v) is 3.00. The van der Waals surface area contributed by atoms with E-state index in [4.69, 9.17) is 20.9 Å². The molecule has 0 fully saturated rings. The number of anilines is 3. The van der Waals surface area contributed by atoms with Gasteiger partial charge >= 0.3 is 0 Å². The molecule has 0 bridgehead atoms. The van der Waals surface area contributed by atoms with Crippen LogP contribution in [0.25, 0.3) is 0 Å². The second-order valence-electron chi connectivity index (χ2n) is 4.36. The van der Waals surface area contributed by atoms with Crippen LogP contribution in [0.5, 0.6) is 11.5 Å². The first kappa shape index (κ1) is 14.5. The Morgan fingerprint density at radius 1 is 1.05 bits per heavy atom. The zero-order chi connectivity index (χ0) is 15.4. The minimum Gasteiger partial charge on any atom is -0.493 e. The highest BCUT2D eigenvalue weighted by atomic mass is 16.5. The third kappa shape index (κ3) is 3.17. The molecule has 0 unspecified atom stereocenters. The van der Waals surface area contributed by atoms with Crippen LogP contribution in [0.2, 0.25) is 0 Å². The molecule has 6 nitrogen and oxygen atoms in total. The molecule has 0 saturated heterocycles. The van der Waals surface area contributed by atoms with Gasteiger partial charge in [0.1, 0.15) is 0 Å². The van der Waals surface area contributed by atoms with Crippen molar-refractivity contribution >= 4 is 23.0 Å². The van der Waals surface area contributed by atoms with Crippen LogP contribution in [-0.4, -0.2) is 20.1 Å². The standard InChI is InChI=1S/C15H17N3O3/c1-20-13-6-4-10(8-14(13)21-2)18-12-7-9(15(17)19)3-5-11(12)16/h3-8,18H,16H2,1-2H3,(H2,17,19). The molecular weight excluding hydrogens is 270 g/mol. The highest BCUT2D eigenvalue weighted by molar-refractivity contribution is 5.95. The van der Waals surface area contributed by atoms with Crippen molar-refractivity contribution in [2.24, 2.45) is 5.73 Å². The van der Waals surface area contributed by atoms with Crippen molar-refractivity contribution in [3.63, 3.8) is 0 Å². The fourth-order valence-corrected chi connectivity index (χ4v) is 1.89. The van der Waals surface area contributed by atoms with Gasteiger partial charge in [-0.3, -0.25) is 4.79 Å². The topological polar surface area (TPSA) is 99.6 Å². The lowest BCUT2D eigenvalue weighted by atomic mass is 10.1.